The highest BCUT2D eigenvalue weighted by Gasteiger charge is 2.12. The van der Waals surface area contributed by atoms with Gasteiger partial charge in [-0.25, -0.2) is 14.6 Å². The second-order valence-corrected chi connectivity index (χ2v) is 5.95. The summed E-state index contributed by atoms with van der Waals surface area (Å²) in [4.78, 5) is 25.2. The Bertz CT molecular complexity index is 648. The van der Waals surface area contributed by atoms with E-state index in [1.54, 1.807) is 24.3 Å². The van der Waals surface area contributed by atoms with Crippen LogP contribution in [-0.4, -0.2) is 27.1 Å². The van der Waals surface area contributed by atoms with Gasteiger partial charge in [-0.2, -0.15) is 0 Å². The molecule has 0 radical (unpaired) electrons. The molecule has 28 heavy (non-hydrogen) atoms. The van der Waals surface area contributed by atoms with Crippen LogP contribution in [0, 0.1) is 0 Å². The Labute approximate surface area is 169 Å². The fourth-order valence-electron chi connectivity index (χ4n) is 2.26. The molecule has 0 bridgehead atoms. The van der Waals surface area contributed by atoms with Gasteiger partial charge >= 0.3 is 11.9 Å². The van der Waals surface area contributed by atoms with Crippen molar-refractivity contribution in [1.29, 1.82) is 0 Å². The summed E-state index contributed by atoms with van der Waals surface area (Å²) in [5, 5.41) is 17.6. The van der Waals surface area contributed by atoms with Crippen LogP contribution in [0.4, 0.5) is 0 Å². The number of rotatable bonds is 4. The van der Waals surface area contributed by atoms with Crippen LogP contribution in [0.1, 0.15) is 99.2 Å². The van der Waals surface area contributed by atoms with E-state index in [0.29, 0.717) is 5.56 Å². The van der Waals surface area contributed by atoms with Crippen molar-refractivity contribution in [3.63, 3.8) is 0 Å². The Morgan fingerprint density at radius 2 is 1.21 bits per heavy atom. The van der Waals surface area contributed by atoms with Gasteiger partial charge in [-0.05, 0) is 35.1 Å². The molecule has 1 aromatic carbocycles. The summed E-state index contributed by atoms with van der Waals surface area (Å²) >= 11 is 0. The van der Waals surface area contributed by atoms with Gasteiger partial charge in [0.05, 0.1) is 5.56 Å². The molecule has 0 fully saturated rings. The third-order valence-electron chi connectivity index (χ3n) is 3.48. The number of carboxylic acid groups (broad SMARTS) is 2. The van der Waals surface area contributed by atoms with Gasteiger partial charge in [0.25, 0.3) is 0 Å². The molecule has 5 heteroatoms. The van der Waals surface area contributed by atoms with Gasteiger partial charge in [0, 0.05) is 6.20 Å². The molecule has 0 aliphatic carbocycles. The van der Waals surface area contributed by atoms with E-state index in [1.165, 1.54) is 6.20 Å². The lowest BCUT2D eigenvalue weighted by Gasteiger charge is -2.07. The molecule has 2 N–H and O–H groups in total. The van der Waals surface area contributed by atoms with Gasteiger partial charge in [-0.3, -0.25) is 0 Å². The molecule has 0 saturated carbocycles. The Balaban J connectivity index is 0. The second-order valence-electron chi connectivity index (χ2n) is 5.95. The SMILES string of the molecule is CC.CC.CC(C)c1ccccc1C(=O)O.CC(C)c1cccnc1C(=O)O. The van der Waals surface area contributed by atoms with Crippen molar-refractivity contribution in [2.24, 2.45) is 0 Å². The number of benzene rings is 1. The maximum Gasteiger partial charge on any atom is 0.354 e. The minimum absolute atomic E-state index is 0.160. The molecule has 0 saturated heterocycles. The van der Waals surface area contributed by atoms with Crippen molar-refractivity contribution in [1.82, 2.24) is 4.98 Å². The van der Waals surface area contributed by atoms with E-state index < -0.39 is 11.9 Å². The van der Waals surface area contributed by atoms with Crippen molar-refractivity contribution in [2.45, 2.75) is 67.2 Å². The number of aromatic carboxylic acids is 2. The molecule has 0 amide bonds. The van der Waals surface area contributed by atoms with Gasteiger partial charge < -0.3 is 10.2 Å². The van der Waals surface area contributed by atoms with Crippen LogP contribution in [0.3, 0.4) is 0 Å². The van der Waals surface area contributed by atoms with Crippen LogP contribution in [-0.2, 0) is 0 Å². The van der Waals surface area contributed by atoms with Crippen molar-refractivity contribution in [3.8, 4) is 0 Å². The zero-order chi connectivity index (χ0) is 22.3. The average molecular weight is 390 g/mol. The third-order valence-corrected chi connectivity index (χ3v) is 3.48. The van der Waals surface area contributed by atoms with Crippen LogP contribution in [0.25, 0.3) is 0 Å². The average Bonchev–Trinajstić information content (AvgIpc) is 2.71. The number of pyridine rings is 1. The smallest absolute Gasteiger partial charge is 0.354 e. The maximum atomic E-state index is 10.7. The molecule has 5 nitrogen and oxygen atoms in total. The van der Waals surface area contributed by atoms with Crippen LogP contribution >= 0.6 is 0 Å². The molecule has 0 atom stereocenters. The topological polar surface area (TPSA) is 87.5 Å². The fourth-order valence-corrected chi connectivity index (χ4v) is 2.26. The van der Waals surface area contributed by atoms with E-state index >= 15 is 0 Å². The predicted octanol–water partition coefficient (Wildman–Crippen LogP) is 6.46. The van der Waals surface area contributed by atoms with Gasteiger partial charge in [-0.1, -0.05) is 79.7 Å². The van der Waals surface area contributed by atoms with E-state index in [9.17, 15) is 9.59 Å². The zero-order valence-corrected chi connectivity index (χ0v) is 18.4. The lowest BCUT2D eigenvalue weighted by molar-refractivity contribution is 0.0680. The minimum Gasteiger partial charge on any atom is -0.478 e. The summed E-state index contributed by atoms with van der Waals surface area (Å²) in [5.74, 6) is -1.35. The summed E-state index contributed by atoms with van der Waals surface area (Å²) in [7, 11) is 0. The molecule has 2 aromatic rings. The van der Waals surface area contributed by atoms with Gasteiger partial charge in [-0.15, -0.1) is 0 Å². The Morgan fingerprint density at radius 3 is 1.57 bits per heavy atom. The Morgan fingerprint density at radius 1 is 0.750 bits per heavy atom. The van der Waals surface area contributed by atoms with Crippen LogP contribution in [0.2, 0.25) is 0 Å². The molecule has 0 spiro atoms. The first-order valence-electron chi connectivity index (χ1n) is 9.76. The number of hydrogen-bond acceptors (Lipinski definition) is 3. The molecule has 0 aliphatic heterocycles. The molecule has 0 unspecified atom stereocenters. The standard InChI is InChI=1S/C10H12O2.C9H11NO2.2C2H6/c1-7(2)8-5-3-4-6-9(8)10(11)12;1-6(2)7-4-3-5-10-8(7)9(11)12;2*1-2/h3-7H,1-2H3,(H,11,12);3-6H,1-2H3,(H,11,12);2*1-2H3. The summed E-state index contributed by atoms with van der Waals surface area (Å²) in [6.45, 7) is 15.9. The number of carbonyl (C=O) groups is 2. The number of aromatic nitrogens is 1. The van der Waals surface area contributed by atoms with E-state index in [4.69, 9.17) is 10.2 Å². The molecular weight excluding hydrogens is 354 g/mol. The van der Waals surface area contributed by atoms with Crippen molar-refractivity contribution >= 4 is 11.9 Å². The quantitative estimate of drug-likeness (QED) is 0.626. The highest BCUT2D eigenvalue weighted by atomic mass is 16.4. The fraction of sp³-hybridized carbons (Fsp3) is 0.435. The van der Waals surface area contributed by atoms with Crippen LogP contribution in [0.5, 0.6) is 0 Å². The summed E-state index contributed by atoms with van der Waals surface area (Å²) in [5.41, 5.74) is 2.25. The van der Waals surface area contributed by atoms with Gasteiger partial charge in [0.1, 0.15) is 0 Å². The first kappa shape index (κ1) is 27.5. The van der Waals surface area contributed by atoms with Gasteiger partial charge in [0.15, 0.2) is 5.69 Å². The van der Waals surface area contributed by atoms with E-state index in [-0.39, 0.29) is 17.5 Å². The Hall–Kier alpha value is -2.69. The number of hydrogen-bond donors (Lipinski definition) is 2. The zero-order valence-electron chi connectivity index (χ0n) is 18.4. The van der Waals surface area contributed by atoms with E-state index in [0.717, 1.165) is 11.1 Å². The van der Waals surface area contributed by atoms with Crippen molar-refractivity contribution in [2.75, 3.05) is 0 Å². The summed E-state index contributed by atoms with van der Waals surface area (Å²) in [6, 6.07) is 10.6. The highest BCUT2D eigenvalue weighted by Crippen LogP contribution is 2.18. The van der Waals surface area contributed by atoms with E-state index in [2.05, 4.69) is 4.98 Å². The van der Waals surface area contributed by atoms with Gasteiger partial charge in [0.2, 0.25) is 0 Å². The number of nitrogens with zero attached hydrogens (tertiary/aromatic N) is 1. The molecule has 1 heterocycles. The predicted molar refractivity (Wildman–Crippen MR) is 115 cm³/mol. The second kappa shape index (κ2) is 15.4. The minimum atomic E-state index is -0.959. The Kier molecular flexibility index (Phi) is 15.1. The maximum absolute atomic E-state index is 10.7. The first-order chi connectivity index (χ1) is 13.3. The monoisotopic (exact) mass is 389 g/mol. The molecule has 0 aliphatic rings. The first-order valence-corrected chi connectivity index (χ1v) is 9.76. The normalized spacial score (nSPS) is 9.21. The molecule has 1 aromatic heterocycles. The highest BCUT2D eigenvalue weighted by molar-refractivity contribution is 5.89. The van der Waals surface area contributed by atoms with Crippen molar-refractivity contribution < 1.29 is 19.8 Å². The van der Waals surface area contributed by atoms with E-state index in [1.807, 2.05) is 67.5 Å². The summed E-state index contributed by atoms with van der Waals surface area (Å²) < 4.78 is 0. The van der Waals surface area contributed by atoms with Crippen LogP contribution < -0.4 is 0 Å². The molecule has 2 rings (SSSR count). The summed E-state index contributed by atoms with van der Waals surface area (Å²) in [6.07, 6.45) is 1.50. The third kappa shape index (κ3) is 9.31. The lowest BCUT2D eigenvalue weighted by Crippen LogP contribution is -2.06. The van der Waals surface area contributed by atoms with Crippen molar-refractivity contribution in [3.05, 3.63) is 65.0 Å². The molecular formula is C23H35NO4. The lowest BCUT2D eigenvalue weighted by atomic mass is 9.97. The molecule has 156 valence electrons. The largest absolute Gasteiger partial charge is 0.478 e. The van der Waals surface area contributed by atoms with Crippen LogP contribution in [0.15, 0.2) is 42.6 Å². The number of carboxylic acids is 2.